The minimum Gasteiger partial charge on any atom is -0.500 e. The maximum absolute atomic E-state index is 12.4. The zero-order chi connectivity index (χ0) is 16.8. The van der Waals surface area contributed by atoms with Gasteiger partial charge in [-0.15, -0.1) is 0 Å². The lowest BCUT2D eigenvalue weighted by Crippen LogP contribution is -2.21. The largest absolute Gasteiger partial charge is 0.500 e. The van der Waals surface area contributed by atoms with E-state index >= 15 is 0 Å². The monoisotopic (exact) mass is 318 g/mol. The molecule has 0 aliphatic rings. The van der Waals surface area contributed by atoms with Gasteiger partial charge in [0.1, 0.15) is 0 Å². The number of hydrogen-bond donors (Lipinski definition) is 2. The van der Waals surface area contributed by atoms with E-state index in [9.17, 15) is 9.90 Å². The summed E-state index contributed by atoms with van der Waals surface area (Å²) in [6.45, 7) is 2.76. The SMILES string of the molecule is CCCCCCCCn1c(=O)c(O)c(OC)c2ccc(N)cc21. The second-order valence-electron chi connectivity index (χ2n) is 5.88. The van der Waals surface area contributed by atoms with Gasteiger partial charge in [0.25, 0.3) is 5.56 Å². The first-order valence-electron chi connectivity index (χ1n) is 8.29. The van der Waals surface area contributed by atoms with Crippen LogP contribution in [0.5, 0.6) is 11.5 Å². The number of benzene rings is 1. The van der Waals surface area contributed by atoms with Gasteiger partial charge in [0, 0.05) is 17.6 Å². The molecule has 23 heavy (non-hydrogen) atoms. The molecule has 5 heteroatoms. The van der Waals surface area contributed by atoms with Crippen LogP contribution >= 0.6 is 0 Å². The number of aromatic hydroxyl groups is 1. The van der Waals surface area contributed by atoms with Crippen LogP contribution in [0.4, 0.5) is 5.69 Å². The standard InChI is InChI=1S/C18H26N2O3/c1-3-4-5-6-7-8-11-20-15-12-13(19)9-10-14(15)17(23-2)16(21)18(20)22/h9-10,12,21H,3-8,11,19H2,1-2H3. The molecule has 1 heterocycles. The second kappa shape index (κ2) is 7.90. The number of methoxy groups -OCH3 is 1. The Morgan fingerprint density at radius 2 is 1.87 bits per heavy atom. The van der Waals surface area contributed by atoms with Crippen molar-refractivity contribution >= 4 is 16.6 Å². The summed E-state index contributed by atoms with van der Waals surface area (Å²) in [6.07, 6.45) is 6.85. The first-order valence-corrected chi connectivity index (χ1v) is 8.29. The Balaban J connectivity index is 2.29. The summed E-state index contributed by atoms with van der Waals surface area (Å²) in [6, 6.07) is 5.28. The number of nitrogens with two attached hydrogens (primary N) is 1. The van der Waals surface area contributed by atoms with Gasteiger partial charge in [-0.2, -0.15) is 0 Å². The molecule has 0 bridgehead atoms. The van der Waals surface area contributed by atoms with Crippen molar-refractivity contribution in [2.45, 2.75) is 52.0 Å². The Labute approximate surface area is 136 Å². The van der Waals surface area contributed by atoms with E-state index in [4.69, 9.17) is 10.5 Å². The first kappa shape index (κ1) is 17.2. The highest BCUT2D eigenvalue weighted by atomic mass is 16.5. The van der Waals surface area contributed by atoms with E-state index in [1.807, 2.05) is 0 Å². The highest BCUT2D eigenvalue weighted by molar-refractivity contribution is 5.89. The number of anilines is 1. The summed E-state index contributed by atoms with van der Waals surface area (Å²) in [5.74, 6) is -0.125. The molecule has 0 saturated heterocycles. The maximum atomic E-state index is 12.4. The average Bonchev–Trinajstić information content (AvgIpc) is 2.54. The molecule has 2 rings (SSSR count). The predicted molar refractivity (Wildman–Crippen MR) is 94.2 cm³/mol. The minimum atomic E-state index is -0.423. The Hall–Kier alpha value is -2.17. The van der Waals surface area contributed by atoms with Crippen LogP contribution in [0.2, 0.25) is 0 Å². The fourth-order valence-corrected chi connectivity index (χ4v) is 2.90. The van der Waals surface area contributed by atoms with Crippen LogP contribution in [-0.4, -0.2) is 16.8 Å². The fourth-order valence-electron chi connectivity index (χ4n) is 2.90. The third-order valence-corrected chi connectivity index (χ3v) is 4.16. The zero-order valence-corrected chi connectivity index (χ0v) is 14.0. The van der Waals surface area contributed by atoms with Crippen LogP contribution in [0, 0.1) is 0 Å². The van der Waals surface area contributed by atoms with Gasteiger partial charge in [0.15, 0.2) is 5.75 Å². The quantitative estimate of drug-likeness (QED) is 0.575. The van der Waals surface area contributed by atoms with Crippen molar-refractivity contribution in [3.05, 3.63) is 28.6 Å². The number of ether oxygens (including phenoxy) is 1. The van der Waals surface area contributed by atoms with Crippen molar-refractivity contribution in [1.82, 2.24) is 4.57 Å². The van der Waals surface area contributed by atoms with E-state index in [0.717, 1.165) is 12.8 Å². The number of fused-ring (bicyclic) bond motifs is 1. The predicted octanol–water partition coefficient (Wildman–Crippen LogP) is 3.66. The molecule has 0 aliphatic carbocycles. The Bertz CT molecular complexity index is 722. The third-order valence-electron chi connectivity index (χ3n) is 4.16. The van der Waals surface area contributed by atoms with Gasteiger partial charge < -0.3 is 20.1 Å². The third kappa shape index (κ3) is 3.78. The molecule has 0 spiro atoms. The molecule has 0 fully saturated rings. The van der Waals surface area contributed by atoms with E-state index in [1.165, 1.54) is 32.8 Å². The Morgan fingerprint density at radius 3 is 2.57 bits per heavy atom. The molecule has 0 unspecified atom stereocenters. The van der Waals surface area contributed by atoms with E-state index in [0.29, 0.717) is 23.1 Å². The van der Waals surface area contributed by atoms with Gasteiger partial charge in [-0.3, -0.25) is 4.79 Å². The smallest absolute Gasteiger partial charge is 0.297 e. The lowest BCUT2D eigenvalue weighted by molar-refractivity contribution is 0.370. The number of rotatable bonds is 8. The lowest BCUT2D eigenvalue weighted by Gasteiger charge is -2.15. The van der Waals surface area contributed by atoms with E-state index in [1.54, 1.807) is 22.8 Å². The van der Waals surface area contributed by atoms with Gasteiger partial charge in [0.05, 0.1) is 12.6 Å². The minimum absolute atomic E-state index is 0.212. The number of nitrogens with zero attached hydrogens (tertiary/aromatic N) is 1. The molecule has 2 aromatic rings. The van der Waals surface area contributed by atoms with Crippen LogP contribution in [0.1, 0.15) is 45.4 Å². The molecule has 126 valence electrons. The summed E-state index contributed by atoms with van der Waals surface area (Å²) in [5, 5.41) is 10.8. The lowest BCUT2D eigenvalue weighted by atomic mass is 10.1. The molecule has 0 amide bonds. The summed E-state index contributed by atoms with van der Waals surface area (Å²) in [5.41, 5.74) is 6.73. The van der Waals surface area contributed by atoms with Crippen molar-refractivity contribution in [1.29, 1.82) is 0 Å². The molecular formula is C18H26N2O3. The normalized spacial score (nSPS) is 11.0. The van der Waals surface area contributed by atoms with Crippen molar-refractivity contribution < 1.29 is 9.84 Å². The van der Waals surface area contributed by atoms with Crippen molar-refractivity contribution in [3.8, 4) is 11.5 Å². The summed E-state index contributed by atoms with van der Waals surface area (Å²) in [4.78, 5) is 12.4. The Morgan fingerprint density at radius 1 is 1.17 bits per heavy atom. The zero-order valence-electron chi connectivity index (χ0n) is 14.0. The van der Waals surface area contributed by atoms with Crippen LogP contribution < -0.4 is 16.0 Å². The molecule has 3 N–H and O–H groups in total. The maximum Gasteiger partial charge on any atom is 0.297 e. The summed E-state index contributed by atoms with van der Waals surface area (Å²) in [7, 11) is 1.45. The fraction of sp³-hybridized carbons (Fsp3) is 0.500. The number of aryl methyl sites for hydroxylation is 1. The van der Waals surface area contributed by atoms with Gasteiger partial charge >= 0.3 is 0 Å². The van der Waals surface area contributed by atoms with Gasteiger partial charge in [-0.05, 0) is 24.6 Å². The first-order chi connectivity index (χ1) is 11.1. The average molecular weight is 318 g/mol. The van der Waals surface area contributed by atoms with Crippen molar-refractivity contribution in [2.24, 2.45) is 0 Å². The van der Waals surface area contributed by atoms with Crippen LogP contribution in [-0.2, 0) is 6.54 Å². The molecule has 0 atom stereocenters. The molecule has 0 saturated carbocycles. The number of hydrogen-bond acceptors (Lipinski definition) is 4. The number of unbranched alkanes of at least 4 members (excludes halogenated alkanes) is 5. The molecular weight excluding hydrogens is 292 g/mol. The Kier molecular flexibility index (Phi) is 5.90. The molecule has 1 aromatic heterocycles. The topological polar surface area (TPSA) is 77.5 Å². The van der Waals surface area contributed by atoms with Gasteiger partial charge in [-0.25, -0.2) is 0 Å². The molecule has 0 aliphatic heterocycles. The second-order valence-corrected chi connectivity index (χ2v) is 5.88. The van der Waals surface area contributed by atoms with E-state index in [-0.39, 0.29) is 11.5 Å². The highest BCUT2D eigenvalue weighted by Crippen LogP contribution is 2.32. The molecule has 0 radical (unpaired) electrons. The highest BCUT2D eigenvalue weighted by Gasteiger charge is 2.16. The van der Waals surface area contributed by atoms with Gasteiger partial charge in [0.2, 0.25) is 5.75 Å². The number of aromatic nitrogens is 1. The number of pyridine rings is 1. The summed E-state index contributed by atoms with van der Waals surface area (Å²) < 4.78 is 6.80. The molecule has 5 nitrogen and oxygen atoms in total. The number of nitrogen functional groups attached to an aromatic ring is 1. The van der Waals surface area contributed by atoms with Crippen LogP contribution in [0.3, 0.4) is 0 Å². The van der Waals surface area contributed by atoms with Gasteiger partial charge in [-0.1, -0.05) is 39.0 Å². The van der Waals surface area contributed by atoms with Crippen molar-refractivity contribution in [2.75, 3.05) is 12.8 Å². The molecule has 1 aromatic carbocycles. The van der Waals surface area contributed by atoms with Crippen molar-refractivity contribution in [3.63, 3.8) is 0 Å². The van der Waals surface area contributed by atoms with E-state index in [2.05, 4.69) is 6.92 Å². The summed E-state index contributed by atoms with van der Waals surface area (Å²) >= 11 is 0. The van der Waals surface area contributed by atoms with Crippen LogP contribution in [0.25, 0.3) is 10.9 Å². The van der Waals surface area contributed by atoms with Crippen LogP contribution in [0.15, 0.2) is 23.0 Å². The van der Waals surface area contributed by atoms with E-state index < -0.39 is 5.56 Å².